The number of tetrazole rings is 1. The number of carboxylic acid groups (broad SMARTS) is 1. The lowest BCUT2D eigenvalue weighted by atomic mass is 9.98. The molecule has 2 heterocycles. The predicted octanol–water partition coefficient (Wildman–Crippen LogP) is 2.20. The van der Waals surface area contributed by atoms with Crippen LogP contribution in [-0.4, -0.2) is 51.5 Å². The number of imidazole rings is 1. The molecule has 4 aromatic rings. The quantitative estimate of drug-likeness (QED) is 0.346. The Bertz CT molecular complexity index is 1240. The van der Waals surface area contributed by atoms with Gasteiger partial charge in [0.05, 0.1) is 5.69 Å². The molecule has 32 heavy (non-hydrogen) atoms. The SMILES string of the molecule is CC(C)(O)c1c(C(=O)O)nc(CO)n1Cc1ccc(-c2ccccc2-c2nnn[nH]2)cc1. The third-order valence-electron chi connectivity index (χ3n) is 5.10. The van der Waals surface area contributed by atoms with Gasteiger partial charge in [0.15, 0.2) is 11.5 Å². The topological polar surface area (TPSA) is 150 Å². The molecule has 4 rings (SSSR count). The largest absolute Gasteiger partial charge is 0.476 e. The third kappa shape index (κ3) is 4.01. The maximum Gasteiger partial charge on any atom is 0.356 e. The molecule has 0 atom stereocenters. The summed E-state index contributed by atoms with van der Waals surface area (Å²) < 4.78 is 1.55. The standard InChI is InChI=1S/C22H22N6O4/c1-22(2,32)19-18(21(30)31)23-17(12-29)28(19)11-13-7-9-14(10-8-13)15-5-3-4-6-16(15)20-24-26-27-25-20/h3-10,29,32H,11-12H2,1-2H3,(H,30,31)(H,24,25,26,27). The van der Waals surface area contributed by atoms with E-state index in [-0.39, 0.29) is 23.8 Å². The maximum atomic E-state index is 11.6. The summed E-state index contributed by atoms with van der Waals surface area (Å²) in [6, 6.07) is 15.4. The predicted molar refractivity (Wildman–Crippen MR) is 115 cm³/mol. The first-order valence-electron chi connectivity index (χ1n) is 9.88. The summed E-state index contributed by atoms with van der Waals surface area (Å²) in [6.07, 6.45) is 0. The average molecular weight is 434 g/mol. The van der Waals surface area contributed by atoms with Gasteiger partial charge >= 0.3 is 5.97 Å². The normalized spacial score (nSPS) is 11.6. The molecule has 0 spiro atoms. The number of aliphatic hydroxyl groups excluding tert-OH is 1. The molecule has 0 saturated carbocycles. The number of aromatic nitrogens is 6. The van der Waals surface area contributed by atoms with E-state index in [1.807, 2.05) is 48.5 Å². The lowest BCUT2D eigenvalue weighted by Crippen LogP contribution is -2.25. The first-order chi connectivity index (χ1) is 15.3. The number of carboxylic acids is 1. The second kappa shape index (κ2) is 8.33. The second-order valence-electron chi connectivity index (χ2n) is 7.83. The molecule has 0 amide bonds. The molecule has 4 N–H and O–H groups in total. The summed E-state index contributed by atoms with van der Waals surface area (Å²) in [5.74, 6) is -0.525. The fourth-order valence-electron chi connectivity index (χ4n) is 3.75. The molecule has 0 aliphatic carbocycles. The summed E-state index contributed by atoms with van der Waals surface area (Å²) in [5, 5.41) is 43.9. The molecule has 0 aliphatic heterocycles. The summed E-state index contributed by atoms with van der Waals surface area (Å²) in [5.41, 5.74) is 2.01. The number of rotatable bonds is 7. The van der Waals surface area contributed by atoms with E-state index in [9.17, 15) is 20.1 Å². The fourth-order valence-corrected chi connectivity index (χ4v) is 3.75. The summed E-state index contributed by atoms with van der Waals surface area (Å²) in [4.78, 5) is 15.7. The Morgan fingerprint density at radius 1 is 1.09 bits per heavy atom. The molecule has 2 aromatic heterocycles. The maximum absolute atomic E-state index is 11.6. The van der Waals surface area contributed by atoms with Crippen molar-refractivity contribution in [3.8, 4) is 22.5 Å². The highest BCUT2D eigenvalue weighted by atomic mass is 16.4. The zero-order valence-corrected chi connectivity index (χ0v) is 17.5. The van der Waals surface area contributed by atoms with Crippen molar-refractivity contribution in [3.05, 3.63) is 71.3 Å². The Balaban J connectivity index is 1.70. The van der Waals surface area contributed by atoms with Gasteiger partial charge in [-0.3, -0.25) is 0 Å². The molecule has 10 heteroatoms. The van der Waals surface area contributed by atoms with E-state index < -0.39 is 18.2 Å². The van der Waals surface area contributed by atoms with Gasteiger partial charge in [-0.05, 0) is 41.0 Å². The average Bonchev–Trinajstić information content (AvgIpc) is 3.42. The summed E-state index contributed by atoms with van der Waals surface area (Å²) >= 11 is 0. The minimum absolute atomic E-state index is 0.140. The Kier molecular flexibility index (Phi) is 5.56. The number of aromatic amines is 1. The van der Waals surface area contributed by atoms with Gasteiger partial charge in [-0.15, -0.1) is 5.10 Å². The van der Waals surface area contributed by atoms with Crippen LogP contribution in [0.25, 0.3) is 22.5 Å². The van der Waals surface area contributed by atoms with E-state index in [1.165, 1.54) is 13.8 Å². The Morgan fingerprint density at radius 2 is 1.78 bits per heavy atom. The first kappa shape index (κ1) is 21.3. The van der Waals surface area contributed by atoms with Gasteiger partial charge in [-0.2, -0.15) is 0 Å². The van der Waals surface area contributed by atoms with Crippen molar-refractivity contribution in [2.24, 2.45) is 0 Å². The van der Waals surface area contributed by atoms with Gasteiger partial charge in [0.1, 0.15) is 18.0 Å². The number of aromatic carboxylic acids is 1. The highest BCUT2D eigenvalue weighted by molar-refractivity contribution is 5.87. The molecule has 0 aliphatic rings. The highest BCUT2D eigenvalue weighted by Gasteiger charge is 2.31. The molecular formula is C22H22N6O4. The molecule has 10 nitrogen and oxygen atoms in total. The molecule has 0 bridgehead atoms. The van der Waals surface area contributed by atoms with E-state index in [0.717, 1.165) is 22.3 Å². The van der Waals surface area contributed by atoms with Crippen LogP contribution >= 0.6 is 0 Å². The van der Waals surface area contributed by atoms with Gasteiger partial charge in [-0.25, -0.2) is 14.9 Å². The van der Waals surface area contributed by atoms with Crippen LogP contribution in [0, 0.1) is 0 Å². The Morgan fingerprint density at radius 3 is 2.34 bits per heavy atom. The van der Waals surface area contributed by atoms with Crippen LogP contribution in [-0.2, 0) is 18.8 Å². The van der Waals surface area contributed by atoms with Crippen molar-refractivity contribution in [3.63, 3.8) is 0 Å². The molecule has 0 saturated heterocycles. The Hall–Kier alpha value is -3.89. The van der Waals surface area contributed by atoms with Crippen LogP contribution in [0.2, 0.25) is 0 Å². The van der Waals surface area contributed by atoms with Crippen molar-refractivity contribution in [1.29, 1.82) is 0 Å². The summed E-state index contributed by atoms with van der Waals surface area (Å²) in [7, 11) is 0. The van der Waals surface area contributed by atoms with Crippen LogP contribution in [0.4, 0.5) is 0 Å². The number of aliphatic hydroxyl groups is 2. The highest BCUT2D eigenvalue weighted by Crippen LogP contribution is 2.31. The van der Waals surface area contributed by atoms with E-state index in [0.29, 0.717) is 5.82 Å². The van der Waals surface area contributed by atoms with Gasteiger partial charge in [0.2, 0.25) is 0 Å². The molecule has 2 aromatic carbocycles. The number of H-pyrrole nitrogens is 1. The minimum atomic E-state index is -1.46. The van der Waals surface area contributed by atoms with Crippen molar-refractivity contribution in [2.75, 3.05) is 0 Å². The lowest BCUT2D eigenvalue weighted by molar-refractivity contribution is 0.0587. The van der Waals surface area contributed by atoms with Gasteiger partial charge in [0.25, 0.3) is 0 Å². The molecule has 0 radical (unpaired) electrons. The van der Waals surface area contributed by atoms with Crippen LogP contribution in [0.1, 0.15) is 41.4 Å². The zero-order valence-electron chi connectivity index (χ0n) is 17.5. The number of nitrogens with zero attached hydrogens (tertiary/aromatic N) is 5. The first-order valence-corrected chi connectivity index (χ1v) is 9.88. The van der Waals surface area contributed by atoms with Crippen molar-refractivity contribution in [2.45, 2.75) is 32.6 Å². The number of hydrogen-bond acceptors (Lipinski definition) is 7. The van der Waals surface area contributed by atoms with Gasteiger partial charge < -0.3 is 19.9 Å². The molecule has 0 fully saturated rings. The van der Waals surface area contributed by atoms with Crippen LogP contribution in [0.15, 0.2) is 48.5 Å². The van der Waals surface area contributed by atoms with E-state index in [4.69, 9.17) is 0 Å². The second-order valence-corrected chi connectivity index (χ2v) is 7.83. The molecule has 164 valence electrons. The van der Waals surface area contributed by atoms with Crippen LogP contribution < -0.4 is 0 Å². The Labute approximate surface area is 183 Å². The number of carbonyl (C=O) groups is 1. The van der Waals surface area contributed by atoms with E-state index in [1.54, 1.807) is 4.57 Å². The summed E-state index contributed by atoms with van der Waals surface area (Å²) in [6.45, 7) is 2.77. The third-order valence-corrected chi connectivity index (χ3v) is 5.10. The van der Waals surface area contributed by atoms with E-state index in [2.05, 4.69) is 25.6 Å². The van der Waals surface area contributed by atoms with Crippen molar-refractivity contribution >= 4 is 5.97 Å². The number of nitrogens with one attached hydrogen (secondary N) is 1. The smallest absolute Gasteiger partial charge is 0.356 e. The van der Waals surface area contributed by atoms with Crippen LogP contribution in [0.5, 0.6) is 0 Å². The fraction of sp³-hybridized carbons (Fsp3) is 0.227. The zero-order chi connectivity index (χ0) is 22.9. The molecule has 0 unspecified atom stereocenters. The van der Waals surface area contributed by atoms with Crippen molar-refractivity contribution in [1.82, 2.24) is 30.2 Å². The minimum Gasteiger partial charge on any atom is -0.476 e. The van der Waals surface area contributed by atoms with E-state index >= 15 is 0 Å². The van der Waals surface area contributed by atoms with Crippen LogP contribution in [0.3, 0.4) is 0 Å². The monoisotopic (exact) mass is 434 g/mol. The van der Waals surface area contributed by atoms with Gasteiger partial charge in [-0.1, -0.05) is 48.5 Å². The number of benzene rings is 2. The van der Waals surface area contributed by atoms with Gasteiger partial charge in [0, 0.05) is 12.1 Å². The lowest BCUT2D eigenvalue weighted by Gasteiger charge is -2.22. The molecular weight excluding hydrogens is 412 g/mol. The van der Waals surface area contributed by atoms with Crippen molar-refractivity contribution < 1.29 is 20.1 Å². The number of hydrogen-bond donors (Lipinski definition) is 4.